The molecule has 0 unspecified atom stereocenters. The largest absolute Gasteiger partial charge is 0.465 e. The van der Waals surface area contributed by atoms with E-state index in [0.29, 0.717) is 12.3 Å². The lowest BCUT2D eigenvalue weighted by Gasteiger charge is -2.26. The molecule has 0 spiro atoms. The van der Waals surface area contributed by atoms with Gasteiger partial charge >= 0.3 is 0 Å². The van der Waals surface area contributed by atoms with Gasteiger partial charge in [-0.3, -0.25) is 4.79 Å². The molecule has 23 heavy (non-hydrogen) atoms. The van der Waals surface area contributed by atoms with Crippen LogP contribution in [-0.4, -0.2) is 29.0 Å². The minimum atomic E-state index is -0.181. The van der Waals surface area contributed by atoms with E-state index < -0.39 is 0 Å². The Labute approximate surface area is 135 Å². The number of carbonyl (C=O) groups excluding carboxylic acids is 1. The molecule has 2 aromatic heterocycles. The lowest BCUT2D eigenvalue weighted by Crippen LogP contribution is -2.31. The van der Waals surface area contributed by atoms with Crippen LogP contribution in [0.1, 0.15) is 30.7 Å². The van der Waals surface area contributed by atoms with E-state index in [9.17, 15) is 4.79 Å². The fraction of sp³-hybridized carbons (Fsp3) is 0.353. The SMILES string of the molecule is O=C(/C=C/c1ccco1)NCc1ccnc(N2CCCCC2)n1. The van der Waals surface area contributed by atoms with Crippen molar-refractivity contribution in [3.05, 3.63) is 48.2 Å². The van der Waals surface area contributed by atoms with Crippen molar-refractivity contribution >= 4 is 17.9 Å². The zero-order chi connectivity index (χ0) is 15.9. The van der Waals surface area contributed by atoms with Gasteiger partial charge in [-0.25, -0.2) is 9.97 Å². The summed E-state index contributed by atoms with van der Waals surface area (Å²) in [6.07, 6.45) is 10.0. The molecule has 1 fully saturated rings. The minimum absolute atomic E-state index is 0.181. The fourth-order valence-corrected chi connectivity index (χ4v) is 2.51. The first-order valence-corrected chi connectivity index (χ1v) is 7.87. The van der Waals surface area contributed by atoms with Crippen LogP contribution >= 0.6 is 0 Å². The third-order valence-electron chi connectivity index (χ3n) is 3.73. The number of furan rings is 1. The van der Waals surface area contributed by atoms with Crippen LogP contribution in [0, 0.1) is 0 Å². The summed E-state index contributed by atoms with van der Waals surface area (Å²) in [7, 11) is 0. The first-order chi connectivity index (χ1) is 11.3. The number of hydrogen-bond donors (Lipinski definition) is 1. The second kappa shape index (κ2) is 7.58. The molecule has 1 N–H and O–H groups in total. The lowest BCUT2D eigenvalue weighted by molar-refractivity contribution is -0.116. The number of anilines is 1. The molecule has 0 radical (unpaired) electrons. The Morgan fingerprint density at radius 2 is 2.17 bits per heavy atom. The number of nitrogens with zero attached hydrogens (tertiary/aromatic N) is 3. The number of hydrogen-bond acceptors (Lipinski definition) is 5. The molecule has 3 heterocycles. The Hall–Kier alpha value is -2.63. The summed E-state index contributed by atoms with van der Waals surface area (Å²) >= 11 is 0. The van der Waals surface area contributed by atoms with Crippen molar-refractivity contribution in [2.75, 3.05) is 18.0 Å². The zero-order valence-electron chi connectivity index (χ0n) is 12.9. The van der Waals surface area contributed by atoms with Crippen molar-refractivity contribution in [2.24, 2.45) is 0 Å². The molecule has 120 valence electrons. The normalized spacial score (nSPS) is 15.0. The molecule has 3 rings (SSSR count). The summed E-state index contributed by atoms with van der Waals surface area (Å²) in [6, 6.07) is 5.39. The first-order valence-electron chi connectivity index (χ1n) is 7.87. The molecule has 2 aromatic rings. The molecule has 1 aliphatic rings. The first kappa shape index (κ1) is 15.3. The Morgan fingerprint density at radius 3 is 2.96 bits per heavy atom. The third-order valence-corrected chi connectivity index (χ3v) is 3.73. The van der Waals surface area contributed by atoms with Crippen LogP contribution in [0.4, 0.5) is 5.95 Å². The van der Waals surface area contributed by atoms with Gasteiger partial charge in [0.15, 0.2) is 0 Å². The predicted molar refractivity (Wildman–Crippen MR) is 87.7 cm³/mol. The van der Waals surface area contributed by atoms with E-state index in [2.05, 4.69) is 20.2 Å². The van der Waals surface area contributed by atoms with Crippen molar-refractivity contribution in [2.45, 2.75) is 25.8 Å². The van der Waals surface area contributed by atoms with Crippen LogP contribution in [-0.2, 0) is 11.3 Å². The van der Waals surface area contributed by atoms with Gasteiger partial charge < -0.3 is 14.6 Å². The van der Waals surface area contributed by atoms with Gasteiger partial charge in [0.05, 0.1) is 18.5 Å². The molecule has 6 heteroatoms. The van der Waals surface area contributed by atoms with Gasteiger partial charge in [0.2, 0.25) is 11.9 Å². The quantitative estimate of drug-likeness (QED) is 0.858. The highest BCUT2D eigenvalue weighted by atomic mass is 16.3. The summed E-state index contributed by atoms with van der Waals surface area (Å²) in [5.41, 5.74) is 0.806. The van der Waals surface area contributed by atoms with E-state index in [-0.39, 0.29) is 5.91 Å². The molecule has 0 aromatic carbocycles. The highest BCUT2D eigenvalue weighted by Gasteiger charge is 2.13. The van der Waals surface area contributed by atoms with Crippen molar-refractivity contribution in [3.63, 3.8) is 0 Å². The molecular weight excluding hydrogens is 292 g/mol. The summed E-state index contributed by atoms with van der Waals surface area (Å²) in [4.78, 5) is 22.9. The van der Waals surface area contributed by atoms with Crippen LogP contribution in [0.25, 0.3) is 6.08 Å². The van der Waals surface area contributed by atoms with Crippen molar-refractivity contribution in [3.8, 4) is 0 Å². The molecule has 1 amide bonds. The second-order valence-corrected chi connectivity index (χ2v) is 5.46. The van der Waals surface area contributed by atoms with Crippen molar-refractivity contribution in [1.82, 2.24) is 15.3 Å². The zero-order valence-corrected chi connectivity index (χ0v) is 12.9. The highest BCUT2D eigenvalue weighted by molar-refractivity contribution is 5.91. The Balaban J connectivity index is 1.54. The lowest BCUT2D eigenvalue weighted by atomic mass is 10.1. The molecule has 1 aliphatic heterocycles. The highest BCUT2D eigenvalue weighted by Crippen LogP contribution is 2.15. The Bertz CT molecular complexity index is 661. The van der Waals surface area contributed by atoms with E-state index in [1.54, 1.807) is 30.7 Å². The van der Waals surface area contributed by atoms with Crippen LogP contribution in [0.2, 0.25) is 0 Å². The van der Waals surface area contributed by atoms with E-state index in [1.807, 2.05) is 6.07 Å². The molecule has 0 saturated carbocycles. The number of rotatable bonds is 5. The maximum atomic E-state index is 11.8. The second-order valence-electron chi connectivity index (χ2n) is 5.46. The van der Waals surface area contributed by atoms with Gasteiger partial charge in [-0.1, -0.05) is 0 Å². The van der Waals surface area contributed by atoms with Crippen LogP contribution in [0.15, 0.2) is 41.2 Å². The fourth-order valence-electron chi connectivity index (χ4n) is 2.51. The maximum absolute atomic E-state index is 11.8. The van der Waals surface area contributed by atoms with Crippen molar-refractivity contribution in [1.29, 1.82) is 0 Å². The van der Waals surface area contributed by atoms with Gasteiger partial charge in [-0.2, -0.15) is 0 Å². The molecule has 6 nitrogen and oxygen atoms in total. The topological polar surface area (TPSA) is 71.3 Å². The van der Waals surface area contributed by atoms with Gasteiger partial charge in [0, 0.05) is 25.4 Å². The Morgan fingerprint density at radius 1 is 1.30 bits per heavy atom. The Kier molecular flexibility index (Phi) is 5.03. The van der Waals surface area contributed by atoms with Gasteiger partial charge in [0.25, 0.3) is 0 Å². The van der Waals surface area contributed by atoms with Crippen LogP contribution < -0.4 is 10.2 Å². The minimum Gasteiger partial charge on any atom is -0.465 e. The van der Waals surface area contributed by atoms with Crippen LogP contribution in [0.5, 0.6) is 0 Å². The monoisotopic (exact) mass is 312 g/mol. The van der Waals surface area contributed by atoms with Crippen molar-refractivity contribution < 1.29 is 9.21 Å². The van der Waals surface area contributed by atoms with Gasteiger partial charge in [-0.15, -0.1) is 0 Å². The molecule has 0 aliphatic carbocycles. The molecule has 1 saturated heterocycles. The summed E-state index contributed by atoms with van der Waals surface area (Å²) < 4.78 is 5.14. The van der Waals surface area contributed by atoms with E-state index in [0.717, 1.165) is 24.7 Å². The third kappa shape index (κ3) is 4.42. The summed E-state index contributed by atoms with van der Waals surface area (Å²) in [5, 5.41) is 2.82. The number of aromatic nitrogens is 2. The number of piperidine rings is 1. The van der Waals surface area contributed by atoms with Gasteiger partial charge in [0.1, 0.15) is 5.76 Å². The van der Waals surface area contributed by atoms with E-state index in [1.165, 1.54) is 25.3 Å². The molecule has 0 atom stereocenters. The van der Waals surface area contributed by atoms with Crippen LogP contribution in [0.3, 0.4) is 0 Å². The smallest absolute Gasteiger partial charge is 0.244 e. The summed E-state index contributed by atoms with van der Waals surface area (Å²) in [5.74, 6) is 1.22. The van der Waals surface area contributed by atoms with E-state index >= 15 is 0 Å². The average Bonchev–Trinajstić information content (AvgIpc) is 3.13. The standard InChI is InChI=1S/C17H20N4O2/c22-16(7-6-15-5-4-12-23-15)19-13-14-8-9-18-17(20-14)21-10-2-1-3-11-21/h4-9,12H,1-3,10-11,13H2,(H,19,22)/b7-6+. The summed E-state index contributed by atoms with van der Waals surface area (Å²) in [6.45, 7) is 2.38. The molecular formula is C17H20N4O2. The number of carbonyl (C=O) groups is 1. The number of amides is 1. The van der Waals surface area contributed by atoms with E-state index in [4.69, 9.17) is 4.42 Å². The predicted octanol–water partition coefficient (Wildman–Crippen LogP) is 2.39. The molecule has 0 bridgehead atoms. The average molecular weight is 312 g/mol. The van der Waals surface area contributed by atoms with Gasteiger partial charge in [-0.05, 0) is 43.5 Å². The maximum Gasteiger partial charge on any atom is 0.244 e. The number of nitrogens with one attached hydrogen (secondary N) is 1.